The first-order chi connectivity index (χ1) is 35.6. The lowest BCUT2D eigenvalue weighted by molar-refractivity contribution is 0.249. The molecule has 4 aliphatic carbocycles. The third-order valence-electron chi connectivity index (χ3n) is 15.8. The van der Waals surface area contributed by atoms with Crippen LogP contribution in [0.5, 0.6) is 0 Å². The van der Waals surface area contributed by atoms with Gasteiger partial charge in [0.15, 0.2) is 0 Å². The molecule has 0 spiro atoms. The summed E-state index contributed by atoms with van der Waals surface area (Å²) in [5.74, 6) is 0. The second-order valence-corrected chi connectivity index (χ2v) is 22.4. The fourth-order valence-corrected chi connectivity index (χ4v) is 11.3. The Morgan fingerprint density at radius 2 is 0.730 bits per heavy atom. The predicted molar refractivity (Wildman–Crippen MR) is 303 cm³/mol. The van der Waals surface area contributed by atoms with Gasteiger partial charge in [-0.1, -0.05) is 152 Å². The van der Waals surface area contributed by atoms with E-state index in [1.165, 1.54) is 55.7 Å². The molecule has 12 rings (SSSR count). The summed E-state index contributed by atoms with van der Waals surface area (Å²) in [7, 11) is 0. The van der Waals surface area contributed by atoms with E-state index in [0.717, 1.165) is 67.8 Å². The summed E-state index contributed by atoms with van der Waals surface area (Å²) in [6.45, 7) is 19.0. The molecule has 0 fully saturated rings. The second-order valence-electron chi connectivity index (χ2n) is 22.4. The van der Waals surface area contributed by atoms with E-state index in [9.17, 15) is 0 Å². The zero-order chi connectivity index (χ0) is 51.0. The van der Waals surface area contributed by atoms with Crippen molar-refractivity contribution in [3.63, 3.8) is 0 Å². The van der Waals surface area contributed by atoms with Crippen molar-refractivity contribution in [1.29, 1.82) is 0 Å². The molecule has 6 heterocycles. The topological polar surface area (TPSA) is 77.3 Å². The molecule has 0 saturated heterocycles. The highest BCUT2D eigenvalue weighted by Crippen LogP contribution is 2.70. The molecule has 0 aliphatic heterocycles. The minimum atomic E-state index is -0.422. The van der Waals surface area contributed by atoms with Crippen molar-refractivity contribution < 1.29 is 0 Å². The summed E-state index contributed by atoms with van der Waals surface area (Å²) in [6, 6.07) is 50.7. The zero-order valence-electron chi connectivity index (χ0n) is 43.3. The maximum absolute atomic E-state index is 5.06. The van der Waals surface area contributed by atoms with E-state index in [-0.39, 0.29) is 16.2 Å². The molecule has 6 nitrogen and oxygen atoms in total. The van der Waals surface area contributed by atoms with Crippen LogP contribution < -0.4 is 0 Å². The predicted octanol–water partition coefficient (Wildman–Crippen LogP) is 16.7. The van der Waals surface area contributed by atoms with E-state index in [1.54, 1.807) is 0 Å². The van der Waals surface area contributed by atoms with Crippen molar-refractivity contribution in [2.45, 2.75) is 55.4 Å². The van der Waals surface area contributed by atoms with Crippen LogP contribution in [0.25, 0.3) is 79.0 Å². The van der Waals surface area contributed by atoms with E-state index >= 15 is 0 Å². The van der Waals surface area contributed by atoms with Crippen molar-refractivity contribution in [3.05, 3.63) is 251 Å². The van der Waals surface area contributed by atoms with Crippen LogP contribution in [-0.2, 0) is 0 Å². The van der Waals surface area contributed by atoms with E-state index in [1.807, 2.05) is 97.6 Å². The Hall–Kier alpha value is -8.48. The molecule has 0 bridgehead atoms. The smallest absolute Gasteiger partial charge is 0.0900 e. The van der Waals surface area contributed by atoms with Gasteiger partial charge in [-0.3, -0.25) is 19.9 Å². The monoisotopic (exact) mass is 958 g/mol. The Balaban J connectivity index is 1.00. The zero-order valence-corrected chi connectivity index (χ0v) is 43.3. The largest absolute Gasteiger partial charge is 0.255 e. The summed E-state index contributed by atoms with van der Waals surface area (Å²) < 4.78 is 0. The quantitative estimate of drug-likeness (QED) is 0.151. The van der Waals surface area contributed by atoms with Gasteiger partial charge in [-0.05, 0) is 174 Å². The molecule has 74 heavy (non-hydrogen) atoms. The molecule has 0 saturated carbocycles. The van der Waals surface area contributed by atoms with Crippen molar-refractivity contribution in [2.75, 3.05) is 0 Å². The Bertz CT molecular complexity index is 3640. The molecular formula is C68H58N6. The van der Waals surface area contributed by atoms with Gasteiger partial charge in [0.05, 0.1) is 45.6 Å². The number of hydrogen-bond donors (Lipinski definition) is 0. The van der Waals surface area contributed by atoms with Crippen molar-refractivity contribution in [1.82, 2.24) is 29.9 Å². The number of pyridine rings is 6. The lowest BCUT2D eigenvalue weighted by Crippen LogP contribution is -2.49. The number of benzene rings is 2. The highest BCUT2D eigenvalue weighted by Gasteiger charge is 2.59. The molecule has 8 aromatic rings. The van der Waals surface area contributed by atoms with Crippen molar-refractivity contribution in [2.24, 2.45) is 21.7 Å². The molecule has 2 aromatic carbocycles. The molecule has 360 valence electrons. The first kappa shape index (κ1) is 46.6. The summed E-state index contributed by atoms with van der Waals surface area (Å²) in [4.78, 5) is 28.8. The third-order valence-corrected chi connectivity index (χ3v) is 15.8. The second kappa shape index (κ2) is 17.6. The minimum Gasteiger partial charge on any atom is -0.255 e. The van der Waals surface area contributed by atoms with Gasteiger partial charge in [0.25, 0.3) is 0 Å². The van der Waals surface area contributed by atoms with Crippen LogP contribution >= 0.6 is 0 Å². The molecule has 0 N–H and O–H groups in total. The normalized spacial score (nSPS) is 19.1. The van der Waals surface area contributed by atoms with Gasteiger partial charge >= 0.3 is 0 Å². The molecular weight excluding hydrogens is 901 g/mol. The summed E-state index contributed by atoms with van der Waals surface area (Å²) in [6.07, 6.45) is 22.3. The van der Waals surface area contributed by atoms with E-state index in [0.29, 0.717) is 0 Å². The van der Waals surface area contributed by atoms with Gasteiger partial charge < -0.3 is 0 Å². The molecule has 6 aromatic heterocycles. The fourth-order valence-electron chi connectivity index (χ4n) is 11.3. The molecule has 4 aliphatic rings. The lowest BCUT2D eigenvalue weighted by atomic mass is 9.43. The number of nitrogens with zero attached hydrogens (tertiary/aromatic N) is 6. The number of rotatable bonds is 8. The Labute approximate surface area is 435 Å². The van der Waals surface area contributed by atoms with Crippen LogP contribution in [0.15, 0.2) is 240 Å². The first-order valence-electron chi connectivity index (χ1n) is 25.6. The molecule has 2 unspecified atom stereocenters. The Morgan fingerprint density at radius 3 is 1.14 bits per heavy atom. The van der Waals surface area contributed by atoms with Crippen LogP contribution in [0, 0.1) is 21.7 Å². The van der Waals surface area contributed by atoms with Gasteiger partial charge in [-0.25, -0.2) is 9.97 Å². The van der Waals surface area contributed by atoms with E-state index in [4.69, 9.17) is 9.97 Å². The Morgan fingerprint density at radius 1 is 0.338 bits per heavy atom. The SMILES string of the molecule is CC(C)(C)C1=CC2=CC(c3ccc(-c4cc(-c5ccccn5)nc(-c5ccccn5)c4)cc3)=C3C=C(C(C)(C)C)C=C4C(c5ccc(-c6cc(-c7ccccn7)nc(-c7ccccn7)c6)cc5)=CC(=C1)C2(C)C43C. The number of hydrogen-bond acceptors (Lipinski definition) is 6. The summed E-state index contributed by atoms with van der Waals surface area (Å²) in [5, 5.41) is 0. The first-order valence-corrected chi connectivity index (χ1v) is 25.6. The maximum atomic E-state index is 5.06. The molecule has 2 atom stereocenters. The highest BCUT2D eigenvalue weighted by atomic mass is 14.8. The lowest BCUT2D eigenvalue weighted by Gasteiger charge is -2.59. The average Bonchev–Trinajstić information content (AvgIpc) is 3.49. The maximum Gasteiger partial charge on any atom is 0.0900 e. The standard InChI is InChI=1S/C68H58N6/c1-65(2,3)49-37-51-39-53(45-25-21-43(22-26-45)47-33-61(57-17-9-13-29-69-57)73-62(34-47)58-18-10-14-30-70-58)55-41-50(66(4,5)6)42-56-54(40-52(38-49)67(51,7)68(55,56)8)46-27-23-44(24-28-46)48-35-63(59-19-11-15-31-71-59)74-64(36-48)60-20-12-16-32-72-60/h9-42H,1-8H3. The fraction of sp³-hybridized carbons (Fsp3) is 0.176. The van der Waals surface area contributed by atoms with Gasteiger partial charge in [-0.2, -0.15) is 0 Å². The Kier molecular flexibility index (Phi) is 11.1. The highest BCUT2D eigenvalue weighted by molar-refractivity contribution is 5.96. The summed E-state index contributed by atoms with van der Waals surface area (Å²) in [5.41, 5.74) is 22.8. The molecule has 0 radical (unpaired) electrons. The van der Waals surface area contributed by atoms with Crippen LogP contribution in [-0.4, -0.2) is 29.9 Å². The number of allylic oxidation sites excluding steroid dienone is 14. The summed E-state index contributed by atoms with van der Waals surface area (Å²) >= 11 is 0. The van der Waals surface area contributed by atoms with Crippen molar-refractivity contribution in [3.8, 4) is 67.8 Å². The van der Waals surface area contributed by atoms with Crippen LogP contribution in [0.3, 0.4) is 0 Å². The van der Waals surface area contributed by atoms with Crippen molar-refractivity contribution >= 4 is 11.1 Å². The van der Waals surface area contributed by atoms with Crippen LogP contribution in [0.2, 0.25) is 0 Å². The van der Waals surface area contributed by atoms with Gasteiger partial charge in [-0.15, -0.1) is 0 Å². The average molecular weight is 959 g/mol. The molecule has 6 heteroatoms. The van der Waals surface area contributed by atoms with Gasteiger partial charge in [0.2, 0.25) is 0 Å². The van der Waals surface area contributed by atoms with Crippen LogP contribution in [0.1, 0.15) is 66.5 Å². The van der Waals surface area contributed by atoms with Gasteiger partial charge in [0.1, 0.15) is 0 Å². The third kappa shape index (κ3) is 7.97. The number of aromatic nitrogens is 6. The van der Waals surface area contributed by atoms with E-state index in [2.05, 4.69) is 185 Å². The minimum absolute atomic E-state index is 0.0703. The van der Waals surface area contributed by atoms with E-state index < -0.39 is 5.41 Å². The molecule has 0 amide bonds. The van der Waals surface area contributed by atoms with Gasteiger partial charge in [0, 0.05) is 35.6 Å². The van der Waals surface area contributed by atoms with Crippen LogP contribution in [0.4, 0.5) is 0 Å².